The lowest BCUT2D eigenvalue weighted by Gasteiger charge is -2.35. The molecule has 0 bridgehead atoms. The molecule has 1 N–H and O–H groups in total. The van der Waals surface area contributed by atoms with Gasteiger partial charge in [0.2, 0.25) is 0 Å². The molecule has 0 heterocycles. The zero-order chi connectivity index (χ0) is 12.6. The van der Waals surface area contributed by atoms with Crippen LogP contribution in [0.4, 0.5) is 26.3 Å². The van der Waals surface area contributed by atoms with Crippen LogP contribution in [0.25, 0.3) is 0 Å². The average Bonchev–Trinajstić information content (AvgIpc) is 2.14. The molecule has 1 rings (SSSR count). The second-order valence-corrected chi connectivity index (χ2v) is 3.68. The number of alkyl halides is 6. The maximum atomic E-state index is 12.4. The van der Waals surface area contributed by atoms with Crippen LogP contribution in [0.2, 0.25) is 0 Å². The van der Waals surface area contributed by atoms with Crippen molar-refractivity contribution in [2.24, 2.45) is 0 Å². The first-order valence-electron chi connectivity index (χ1n) is 4.66. The second kappa shape index (κ2) is 3.94. The van der Waals surface area contributed by atoms with E-state index in [1.165, 1.54) is 0 Å². The summed E-state index contributed by atoms with van der Waals surface area (Å²) in [5, 5.41) is 8.99. The SMILES string of the molecule is OC(C1=CCCCC1)(C(F)(F)F)C(F)(F)F. The summed E-state index contributed by atoms with van der Waals surface area (Å²) >= 11 is 0. The summed E-state index contributed by atoms with van der Waals surface area (Å²) in [5.74, 6) is 0. The van der Waals surface area contributed by atoms with Gasteiger partial charge in [0.25, 0.3) is 5.60 Å². The Kier molecular flexibility index (Phi) is 3.29. The maximum absolute atomic E-state index is 12.4. The molecule has 0 aliphatic heterocycles. The Morgan fingerprint density at radius 3 is 1.75 bits per heavy atom. The zero-order valence-electron chi connectivity index (χ0n) is 8.12. The zero-order valence-corrected chi connectivity index (χ0v) is 8.12. The van der Waals surface area contributed by atoms with Gasteiger partial charge in [0.05, 0.1) is 0 Å². The van der Waals surface area contributed by atoms with Crippen LogP contribution < -0.4 is 0 Å². The van der Waals surface area contributed by atoms with Crippen LogP contribution >= 0.6 is 0 Å². The Hall–Kier alpha value is -0.720. The lowest BCUT2D eigenvalue weighted by molar-refractivity contribution is -0.353. The van der Waals surface area contributed by atoms with Crippen molar-refractivity contribution < 1.29 is 31.4 Å². The predicted molar refractivity (Wildman–Crippen MR) is 43.6 cm³/mol. The van der Waals surface area contributed by atoms with Crippen LogP contribution in [0, 0.1) is 0 Å². The molecular weight excluding hydrogens is 238 g/mol. The highest BCUT2D eigenvalue weighted by atomic mass is 19.4. The average molecular weight is 248 g/mol. The van der Waals surface area contributed by atoms with Crippen molar-refractivity contribution in [1.29, 1.82) is 0 Å². The monoisotopic (exact) mass is 248 g/mol. The van der Waals surface area contributed by atoms with Crippen molar-refractivity contribution in [2.45, 2.75) is 43.6 Å². The minimum atomic E-state index is -5.74. The summed E-state index contributed by atoms with van der Waals surface area (Å²) in [7, 11) is 0. The van der Waals surface area contributed by atoms with E-state index in [2.05, 4.69) is 0 Å². The van der Waals surface area contributed by atoms with Gasteiger partial charge in [-0.3, -0.25) is 0 Å². The van der Waals surface area contributed by atoms with Gasteiger partial charge in [-0.1, -0.05) is 6.08 Å². The molecule has 0 spiro atoms. The Morgan fingerprint density at radius 2 is 1.44 bits per heavy atom. The van der Waals surface area contributed by atoms with Crippen LogP contribution in [0.3, 0.4) is 0 Å². The molecule has 0 fully saturated rings. The molecule has 0 aromatic rings. The molecule has 94 valence electrons. The molecule has 0 atom stereocenters. The molecule has 0 radical (unpaired) electrons. The van der Waals surface area contributed by atoms with Gasteiger partial charge < -0.3 is 5.11 Å². The fourth-order valence-corrected chi connectivity index (χ4v) is 1.69. The maximum Gasteiger partial charge on any atom is 0.430 e. The van der Waals surface area contributed by atoms with E-state index in [1.54, 1.807) is 0 Å². The van der Waals surface area contributed by atoms with Crippen LogP contribution in [0.5, 0.6) is 0 Å². The first-order valence-corrected chi connectivity index (χ1v) is 4.66. The second-order valence-electron chi connectivity index (χ2n) is 3.68. The molecule has 0 saturated carbocycles. The van der Waals surface area contributed by atoms with Gasteiger partial charge in [-0.15, -0.1) is 0 Å². The van der Waals surface area contributed by atoms with Crippen LogP contribution in [-0.2, 0) is 0 Å². The van der Waals surface area contributed by atoms with E-state index < -0.39 is 23.5 Å². The first-order chi connectivity index (χ1) is 7.11. The van der Waals surface area contributed by atoms with Gasteiger partial charge in [-0.2, -0.15) is 26.3 Å². The minimum absolute atomic E-state index is 0.129. The van der Waals surface area contributed by atoms with Gasteiger partial charge in [-0.25, -0.2) is 0 Å². The van der Waals surface area contributed by atoms with E-state index in [4.69, 9.17) is 5.11 Å². The van der Waals surface area contributed by atoms with E-state index in [-0.39, 0.29) is 19.3 Å². The minimum Gasteiger partial charge on any atom is -0.370 e. The van der Waals surface area contributed by atoms with E-state index in [0.29, 0.717) is 6.42 Å². The number of allylic oxidation sites excluding steroid dienone is 1. The van der Waals surface area contributed by atoms with E-state index in [0.717, 1.165) is 6.08 Å². The highest BCUT2D eigenvalue weighted by Crippen LogP contribution is 2.49. The van der Waals surface area contributed by atoms with Crippen molar-refractivity contribution >= 4 is 0 Å². The van der Waals surface area contributed by atoms with Crippen LogP contribution in [0.1, 0.15) is 25.7 Å². The molecule has 7 heteroatoms. The Bertz CT molecular complexity index is 273. The van der Waals surface area contributed by atoms with Crippen LogP contribution in [-0.4, -0.2) is 23.1 Å². The summed E-state index contributed by atoms with van der Waals surface area (Å²) in [6.07, 6.45) is -10.1. The predicted octanol–water partition coefficient (Wildman–Crippen LogP) is 3.34. The highest BCUT2D eigenvalue weighted by molar-refractivity contribution is 5.24. The van der Waals surface area contributed by atoms with Gasteiger partial charge in [0, 0.05) is 0 Å². The smallest absolute Gasteiger partial charge is 0.370 e. The summed E-state index contributed by atoms with van der Waals surface area (Å²) in [4.78, 5) is 0. The van der Waals surface area contributed by atoms with Crippen molar-refractivity contribution in [3.8, 4) is 0 Å². The molecule has 0 unspecified atom stereocenters. The fourth-order valence-electron chi connectivity index (χ4n) is 1.69. The molecule has 1 aliphatic rings. The van der Waals surface area contributed by atoms with Gasteiger partial charge in [0.1, 0.15) is 0 Å². The molecular formula is C9H10F6O. The summed E-state index contributed by atoms with van der Waals surface area (Å²) in [6, 6.07) is 0. The molecule has 1 nitrogen and oxygen atoms in total. The normalized spacial score (nSPS) is 19.6. The van der Waals surface area contributed by atoms with E-state index in [1.807, 2.05) is 0 Å². The highest BCUT2D eigenvalue weighted by Gasteiger charge is 2.71. The molecule has 0 amide bonds. The number of aliphatic hydroxyl groups is 1. The lowest BCUT2D eigenvalue weighted by Crippen LogP contribution is -2.58. The summed E-state index contributed by atoms with van der Waals surface area (Å²) in [5.41, 5.74) is -5.68. The third-order valence-corrected chi connectivity index (χ3v) is 2.58. The standard InChI is InChI=1S/C9H10F6O/c10-8(11,12)7(16,9(13,14)15)6-4-2-1-3-5-6/h4,16H,1-3,5H2. The topological polar surface area (TPSA) is 20.2 Å². The molecule has 1 aliphatic carbocycles. The van der Waals surface area contributed by atoms with Crippen LogP contribution in [0.15, 0.2) is 11.6 Å². The Labute approximate surface area is 87.8 Å². The summed E-state index contributed by atoms with van der Waals surface area (Å²) < 4.78 is 74.2. The van der Waals surface area contributed by atoms with Crippen molar-refractivity contribution in [3.05, 3.63) is 11.6 Å². The van der Waals surface area contributed by atoms with Crippen molar-refractivity contribution in [1.82, 2.24) is 0 Å². The molecule has 0 aromatic heterocycles. The van der Waals surface area contributed by atoms with Gasteiger partial charge in [-0.05, 0) is 31.3 Å². The quantitative estimate of drug-likeness (QED) is 0.557. The van der Waals surface area contributed by atoms with Gasteiger partial charge in [0.15, 0.2) is 0 Å². The van der Waals surface area contributed by atoms with Crippen molar-refractivity contribution in [2.75, 3.05) is 0 Å². The number of hydrogen-bond donors (Lipinski definition) is 1. The molecule has 16 heavy (non-hydrogen) atoms. The number of hydrogen-bond acceptors (Lipinski definition) is 1. The Balaban J connectivity index is 3.20. The fraction of sp³-hybridized carbons (Fsp3) is 0.778. The van der Waals surface area contributed by atoms with Gasteiger partial charge >= 0.3 is 12.4 Å². The molecule has 0 aromatic carbocycles. The first kappa shape index (κ1) is 13.3. The largest absolute Gasteiger partial charge is 0.430 e. The number of rotatable bonds is 1. The van der Waals surface area contributed by atoms with E-state index in [9.17, 15) is 26.3 Å². The van der Waals surface area contributed by atoms with E-state index >= 15 is 0 Å². The summed E-state index contributed by atoms with van der Waals surface area (Å²) in [6.45, 7) is 0. The van der Waals surface area contributed by atoms with Crippen molar-refractivity contribution in [3.63, 3.8) is 0 Å². The Morgan fingerprint density at radius 1 is 0.938 bits per heavy atom. The number of halogens is 6. The third kappa shape index (κ3) is 2.05. The lowest BCUT2D eigenvalue weighted by atomic mass is 9.84. The third-order valence-electron chi connectivity index (χ3n) is 2.58. The molecule has 0 saturated heterocycles.